The number of rotatable bonds is 9. The Kier molecular flexibility index (Phi) is 7.70. The van der Waals surface area contributed by atoms with Crippen LogP contribution in [0.5, 0.6) is 17.2 Å². The van der Waals surface area contributed by atoms with Crippen LogP contribution in [0, 0.1) is 0 Å². The molecule has 32 heavy (non-hydrogen) atoms. The van der Waals surface area contributed by atoms with Crippen molar-refractivity contribution < 1.29 is 23.8 Å². The van der Waals surface area contributed by atoms with Gasteiger partial charge < -0.3 is 14.2 Å². The van der Waals surface area contributed by atoms with E-state index in [4.69, 9.17) is 14.2 Å². The number of hydrazone groups is 1. The van der Waals surface area contributed by atoms with E-state index in [1.807, 2.05) is 6.07 Å². The van der Waals surface area contributed by atoms with Crippen molar-refractivity contribution in [1.82, 2.24) is 15.6 Å². The number of amides is 2. The molecule has 0 bridgehead atoms. The molecule has 166 valence electrons. The van der Waals surface area contributed by atoms with E-state index < -0.39 is 0 Å². The van der Waals surface area contributed by atoms with Crippen molar-refractivity contribution in [3.63, 3.8) is 0 Å². The zero-order chi connectivity index (χ0) is 22.9. The van der Waals surface area contributed by atoms with Gasteiger partial charge in [-0.1, -0.05) is 29.5 Å². The van der Waals surface area contributed by atoms with Crippen molar-refractivity contribution in [2.24, 2.45) is 5.10 Å². The maximum atomic E-state index is 12.2. The first kappa shape index (κ1) is 22.7. The van der Waals surface area contributed by atoms with Crippen LogP contribution in [0.4, 0.5) is 5.13 Å². The fourth-order valence-corrected chi connectivity index (χ4v) is 3.40. The number of methoxy groups -OCH3 is 3. The van der Waals surface area contributed by atoms with E-state index in [9.17, 15) is 9.59 Å². The highest BCUT2D eigenvalue weighted by atomic mass is 32.1. The summed E-state index contributed by atoms with van der Waals surface area (Å²) in [4.78, 5) is 24.3. The molecule has 1 heterocycles. The molecular formula is C21H21N5O5S. The number of aromatic nitrogens is 2. The maximum Gasteiger partial charge on any atom is 0.257 e. The van der Waals surface area contributed by atoms with Crippen molar-refractivity contribution in [3.05, 3.63) is 58.6 Å². The molecule has 0 spiro atoms. The van der Waals surface area contributed by atoms with Crippen molar-refractivity contribution in [2.75, 3.05) is 26.6 Å². The van der Waals surface area contributed by atoms with E-state index in [0.717, 1.165) is 11.3 Å². The van der Waals surface area contributed by atoms with Crippen molar-refractivity contribution in [3.8, 4) is 17.2 Å². The van der Waals surface area contributed by atoms with Gasteiger partial charge in [-0.05, 0) is 24.3 Å². The summed E-state index contributed by atoms with van der Waals surface area (Å²) in [5.41, 5.74) is 3.57. The molecule has 0 fully saturated rings. The number of benzene rings is 2. The second-order valence-corrected chi connectivity index (χ2v) is 7.31. The third-order valence-corrected chi connectivity index (χ3v) is 4.96. The van der Waals surface area contributed by atoms with Crippen molar-refractivity contribution >= 4 is 34.5 Å². The molecule has 0 saturated carbocycles. The summed E-state index contributed by atoms with van der Waals surface area (Å²) < 4.78 is 15.8. The Labute approximate surface area is 188 Å². The van der Waals surface area contributed by atoms with Gasteiger partial charge >= 0.3 is 0 Å². The van der Waals surface area contributed by atoms with E-state index in [1.165, 1.54) is 27.5 Å². The van der Waals surface area contributed by atoms with Crippen LogP contribution in [0.1, 0.15) is 20.9 Å². The molecule has 0 unspecified atom stereocenters. The molecule has 3 aromatic rings. The van der Waals surface area contributed by atoms with Gasteiger partial charge in [-0.15, -0.1) is 10.2 Å². The summed E-state index contributed by atoms with van der Waals surface area (Å²) in [7, 11) is 4.54. The maximum absolute atomic E-state index is 12.2. The molecule has 11 heteroatoms. The van der Waals surface area contributed by atoms with Crippen molar-refractivity contribution in [2.45, 2.75) is 6.42 Å². The summed E-state index contributed by atoms with van der Waals surface area (Å²) >= 11 is 1.11. The van der Waals surface area contributed by atoms with Crippen LogP contribution in [-0.2, 0) is 11.2 Å². The van der Waals surface area contributed by atoms with E-state index in [2.05, 4.69) is 26.0 Å². The molecule has 10 nitrogen and oxygen atoms in total. The van der Waals surface area contributed by atoms with Crippen LogP contribution in [0.2, 0.25) is 0 Å². The molecule has 0 saturated heterocycles. The Balaban J connectivity index is 1.56. The number of nitrogens with zero attached hydrogens (tertiary/aromatic N) is 3. The van der Waals surface area contributed by atoms with Crippen LogP contribution in [0.15, 0.2) is 47.6 Å². The Morgan fingerprint density at radius 3 is 2.34 bits per heavy atom. The number of carbonyl (C=O) groups is 2. The molecule has 0 atom stereocenters. The van der Waals surface area contributed by atoms with Gasteiger partial charge in [0.25, 0.3) is 5.91 Å². The molecule has 2 amide bonds. The standard InChI is InChI=1S/C21H21N5O5S/c1-29-15-9-13(10-16(30-2)19(15)31-3)12-22-24-17(27)11-18-25-26-21(32-18)23-20(28)14-7-5-4-6-8-14/h4-10,12H,11H2,1-3H3,(H,24,27)(H,23,26,28). The van der Waals surface area contributed by atoms with Crippen LogP contribution < -0.4 is 25.0 Å². The molecule has 2 aromatic carbocycles. The van der Waals surface area contributed by atoms with Crippen LogP contribution in [-0.4, -0.2) is 49.6 Å². The predicted octanol–water partition coefficient (Wildman–Crippen LogP) is 2.51. The number of ether oxygens (including phenoxy) is 3. The summed E-state index contributed by atoms with van der Waals surface area (Å²) in [6, 6.07) is 12.1. The summed E-state index contributed by atoms with van der Waals surface area (Å²) in [6.07, 6.45) is 1.42. The minimum absolute atomic E-state index is 0.0362. The first-order valence-electron chi connectivity index (χ1n) is 9.34. The molecular weight excluding hydrogens is 434 g/mol. The highest BCUT2D eigenvalue weighted by Gasteiger charge is 2.14. The topological polar surface area (TPSA) is 124 Å². The molecule has 0 aliphatic carbocycles. The van der Waals surface area contributed by atoms with Crippen LogP contribution in [0.25, 0.3) is 0 Å². The highest BCUT2D eigenvalue weighted by Crippen LogP contribution is 2.37. The van der Waals surface area contributed by atoms with E-state index in [0.29, 0.717) is 38.5 Å². The second kappa shape index (κ2) is 10.9. The lowest BCUT2D eigenvalue weighted by atomic mass is 10.2. The number of hydrogen-bond acceptors (Lipinski definition) is 9. The van der Waals surface area contributed by atoms with E-state index in [1.54, 1.807) is 36.4 Å². The molecule has 2 N–H and O–H groups in total. The highest BCUT2D eigenvalue weighted by molar-refractivity contribution is 7.15. The second-order valence-electron chi connectivity index (χ2n) is 6.25. The Hall–Kier alpha value is -3.99. The fraction of sp³-hybridized carbons (Fsp3) is 0.190. The van der Waals surface area contributed by atoms with Gasteiger partial charge in [-0.2, -0.15) is 5.10 Å². The van der Waals surface area contributed by atoms with Gasteiger partial charge in [-0.25, -0.2) is 5.43 Å². The van der Waals surface area contributed by atoms with Crippen LogP contribution in [0.3, 0.4) is 0 Å². The van der Waals surface area contributed by atoms with E-state index >= 15 is 0 Å². The van der Waals surface area contributed by atoms with Gasteiger partial charge in [0.15, 0.2) is 11.5 Å². The average molecular weight is 455 g/mol. The zero-order valence-electron chi connectivity index (χ0n) is 17.6. The van der Waals surface area contributed by atoms with Gasteiger partial charge in [-0.3, -0.25) is 14.9 Å². The number of nitrogens with one attached hydrogen (secondary N) is 2. The normalized spacial score (nSPS) is 10.6. The molecule has 1 aromatic heterocycles. The third-order valence-electron chi connectivity index (χ3n) is 4.12. The van der Waals surface area contributed by atoms with Crippen LogP contribution >= 0.6 is 11.3 Å². The Morgan fingerprint density at radius 1 is 1.03 bits per heavy atom. The minimum atomic E-state index is -0.384. The zero-order valence-corrected chi connectivity index (χ0v) is 18.4. The smallest absolute Gasteiger partial charge is 0.257 e. The Morgan fingerprint density at radius 2 is 1.72 bits per heavy atom. The predicted molar refractivity (Wildman–Crippen MR) is 120 cm³/mol. The number of carbonyl (C=O) groups excluding carboxylic acids is 2. The molecule has 3 rings (SSSR count). The number of anilines is 1. The molecule has 0 aliphatic heterocycles. The summed E-state index contributed by atoms with van der Waals surface area (Å²) in [5, 5.41) is 15.2. The van der Waals surface area contributed by atoms with E-state index in [-0.39, 0.29) is 18.2 Å². The molecule has 0 radical (unpaired) electrons. The monoisotopic (exact) mass is 455 g/mol. The largest absolute Gasteiger partial charge is 0.493 e. The van der Waals surface area contributed by atoms with Gasteiger partial charge in [0.05, 0.1) is 34.0 Å². The summed E-state index contributed by atoms with van der Waals surface area (Å²) in [6.45, 7) is 0. The first-order valence-corrected chi connectivity index (χ1v) is 10.2. The third kappa shape index (κ3) is 5.79. The lowest BCUT2D eigenvalue weighted by Crippen LogP contribution is -2.19. The molecule has 0 aliphatic rings. The summed E-state index contributed by atoms with van der Waals surface area (Å²) in [5.74, 6) is 0.721. The first-order chi connectivity index (χ1) is 15.5. The SMILES string of the molecule is COc1cc(C=NNC(=O)Cc2nnc(NC(=O)c3ccccc3)s2)cc(OC)c1OC. The number of hydrogen-bond donors (Lipinski definition) is 2. The van der Waals surface area contributed by atoms with Gasteiger partial charge in [0.1, 0.15) is 5.01 Å². The lowest BCUT2D eigenvalue weighted by molar-refractivity contribution is -0.120. The van der Waals surface area contributed by atoms with Gasteiger partial charge in [0, 0.05) is 11.1 Å². The average Bonchev–Trinajstić information content (AvgIpc) is 3.25. The van der Waals surface area contributed by atoms with Crippen molar-refractivity contribution in [1.29, 1.82) is 0 Å². The minimum Gasteiger partial charge on any atom is -0.493 e. The lowest BCUT2D eigenvalue weighted by Gasteiger charge is -2.12. The fourth-order valence-electron chi connectivity index (χ4n) is 2.67. The Bertz CT molecular complexity index is 1090. The van der Waals surface area contributed by atoms with Gasteiger partial charge in [0.2, 0.25) is 16.8 Å². The quantitative estimate of drug-likeness (QED) is 0.375.